The van der Waals surface area contributed by atoms with Crippen molar-refractivity contribution in [1.82, 2.24) is 0 Å². The molecule has 9 heteroatoms. The van der Waals surface area contributed by atoms with Crippen molar-refractivity contribution in [2.45, 2.75) is 41.6 Å². The zero-order valence-corrected chi connectivity index (χ0v) is 20.1. The van der Waals surface area contributed by atoms with Gasteiger partial charge in [0.1, 0.15) is 0 Å². The van der Waals surface area contributed by atoms with Gasteiger partial charge in [-0.2, -0.15) is 13.2 Å². The van der Waals surface area contributed by atoms with Gasteiger partial charge in [0.2, 0.25) is 0 Å². The lowest BCUT2D eigenvalue weighted by molar-refractivity contribution is -0.137. The van der Waals surface area contributed by atoms with E-state index >= 15 is 0 Å². The van der Waals surface area contributed by atoms with E-state index in [1.54, 1.807) is 17.8 Å². The van der Waals surface area contributed by atoms with Crippen LogP contribution < -0.4 is 4.90 Å². The van der Waals surface area contributed by atoms with Gasteiger partial charge in [-0.05, 0) is 73.1 Å². The molecule has 5 rings (SSSR count). The second-order valence-corrected chi connectivity index (χ2v) is 11.3. The van der Waals surface area contributed by atoms with Crippen LogP contribution in [0.15, 0.2) is 75.1 Å². The highest BCUT2D eigenvalue weighted by Crippen LogP contribution is 2.50. The molecule has 1 aromatic rings. The molecule has 2 heterocycles. The quantitative estimate of drug-likeness (QED) is 0.307. The van der Waals surface area contributed by atoms with E-state index in [4.69, 9.17) is 9.55 Å². The van der Waals surface area contributed by atoms with Gasteiger partial charge in [0.05, 0.1) is 32.6 Å². The van der Waals surface area contributed by atoms with E-state index in [1.165, 1.54) is 23.4 Å². The molecule has 174 valence electrons. The van der Waals surface area contributed by atoms with Crippen molar-refractivity contribution < 1.29 is 17.7 Å². The summed E-state index contributed by atoms with van der Waals surface area (Å²) < 4.78 is 49.2. The number of fused-ring (bicyclic) bond motifs is 2. The summed E-state index contributed by atoms with van der Waals surface area (Å²) in [6.07, 6.45) is 11.2. The number of nitrogens with zero attached hydrogens (tertiary/aromatic N) is 2. The summed E-state index contributed by atoms with van der Waals surface area (Å²) in [5.41, 5.74) is 1.15. The van der Waals surface area contributed by atoms with Crippen molar-refractivity contribution >= 4 is 46.3 Å². The van der Waals surface area contributed by atoms with Gasteiger partial charge in [0.15, 0.2) is 0 Å². The van der Waals surface area contributed by atoms with Gasteiger partial charge in [-0.1, -0.05) is 47.8 Å². The molecular formula is C24H23F3N2OS3. The molecule has 2 atom stereocenters. The lowest BCUT2D eigenvalue weighted by Crippen LogP contribution is -2.20. The molecule has 1 saturated carbocycles. The fraction of sp³-hybridized carbons (Fsp3) is 0.375. The Morgan fingerprint density at radius 3 is 2.79 bits per heavy atom. The first kappa shape index (κ1) is 23.2. The van der Waals surface area contributed by atoms with Crippen LogP contribution in [0.3, 0.4) is 0 Å². The second-order valence-electron chi connectivity index (χ2n) is 8.33. The van der Waals surface area contributed by atoms with Gasteiger partial charge >= 0.3 is 6.18 Å². The van der Waals surface area contributed by atoms with Crippen molar-refractivity contribution in [3.8, 4) is 0 Å². The molecule has 3 nitrogen and oxygen atoms in total. The summed E-state index contributed by atoms with van der Waals surface area (Å²) in [5.74, 6) is 1.00. The van der Waals surface area contributed by atoms with Gasteiger partial charge < -0.3 is 9.45 Å². The zero-order valence-electron chi connectivity index (χ0n) is 17.7. The number of allylic oxidation sites excluding steroid dienone is 4. The Hall–Kier alpha value is -1.55. The van der Waals surface area contributed by atoms with Gasteiger partial charge in [-0.25, -0.2) is 0 Å². The lowest BCUT2D eigenvalue weighted by atomic mass is 10.1. The fourth-order valence-electron chi connectivity index (χ4n) is 4.07. The van der Waals surface area contributed by atoms with Gasteiger partial charge in [-0.3, -0.25) is 4.99 Å². The standard InChI is InChI=1S/C24H23F3N2OS3/c25-24(26,27)17-8-9-21-19(14-17)29(10-3-11-31-30)23(33-21)13-16(15-6-7-15)12-22-28-18-4-1-2-5-20(18)32-22/h1-2,4-5,8-9,12-15,18,20,30H,3,6-7,10-11H2/b16-12-,23-13-. The van der Waals surface area contributed by atoms with Crippen molar-refractivity contribution in [3.05, 3.63) is 70.8 Å². The highest BCUT2D eigenvalue weighted by molar-refractivity contribution is 8.15. The van der Waals surface area contributed by atoms with Crippen LogP contribution in [0.1, 0.15) is 24.8 Å². The van der Waals surface area contributed by atoms with Crippen molar-refractivity contribution in [1.29, 1.82) is 0 Å². The van der Waals surface area contributed by atoms with E-state index in [1.807, 2.05) is 11.0 Å². The molecule has 0 amide bonds. The Labute approximate surface area is 204 Å². The topological polar surface area (TPSA) is 35.8 Å². The average molecular weight is 509 g/mol. The minimum atomic E-state index is -4.38. The summed E-state index contributed by atoms with van der Waals surface area (Å²) in [6.45, 7) is 0.550. The summed E-state index contributed by atoms with van der Waals surface area (Å²) in [6, 6.07) is 4.15. The van der Waals surface area contributed by atoms with Crippen LogP contribution in [0.4, 0.5) is 18.9 Å². The third-order valence-corrected chi connectivity index (χ3v) is 8.65. The minimum absolute atomic E-state index is 0.178. The monoisotopic (exact) mass is 508 g/mol. The number of aliphatic imine (C=N–C) groups is 1. The number of alkyl halides is 3. The first-order valence-electron chi connectivity index (χ1n) is 10.9. The molecule has 0 spiro atoms. The number of anilines is 1. The molecule has 1 aromatic carbocycles. The molecule has 2 aliphatic heterocycles. The molecule has 0 aromatic heterocycles. The third-order valence-electron chi connectivity index (χ3n) is 5.89. The van der Waals surface area contributed by atoms with E-state index in [9.17, 15) is 13.2 Å². The molecule has 1 fully saturated rings. The third kappa shape index (κ3) is 5.26. The maximum Gasteiger partial charge on any atom is 0.416 e. The van der Waals surface area contributed by atoms with Crippen LogP contribution in [0.5, 0.6) is 0 Å². The zero-order chi connectivity index (χ0) is 23.0. The Morgan fingerprint density at radius 2 is 2.06 bits per heavy atom. The fourth-order valence-corrected chi connectivity index (χ4v) is 6.58. The van der Waals surface area contributed by atoms with E-state index in [-0.39, 0.29) is 6.04 Å². The molecule has 4 aliphatic rings. The van der Waals surface area contributed by atoms with E-state index in [2.05, 4.69) is 30.4 Å². The van der Waals surface area contributed by atoms with Crippen LogP contribution in [0.2, 0.25) is 0 Å². The maximum atomic E-state index is 13.4. The number of halogens is 3. The normalized spacial score (nSPS) is 25.6. The molecule has 0 saturated heterocycles. The molecular weight excluding hydrogens is 485 g/mol. The van der Waals surface area contributed by atoms with Crippen molar-refractivity contribution in [2.75, 3.05) is 17.2 Å². The van der Waals surface area contributed by atoms with Crippen LogP contribution in [0, 0.1) is 5.92 Å². The van der Waals surface area contributed by atoms with E-state index < -0.39 is 11.7 Å². The number of benzene rings is 1. The van der Waals surface area contributed by atoms with E-state index in [0.29, 0.717) is 35.6 Å². The summed E-state index contributed by atoms with van der Waals surface area (Å²) in [7, 11) is 0. The number of rotatable bonds is 7. The Bertz CT molecular complexity index is 1070. The summed E-state index contributed by atoms with van der Waals surface area (Å²) in [5, 5.41) is 2.29. The molecule has 2 aliphatic carbocycles. The minimum Gasteiger partial charge on any atom is -0.335 e. The molecule has 0 bridgehead atoms. The molecule has 33 heavy (non-hydrogen) atoms. The first-order chi connectivity index (χ1) is 15.9. The smallest absolute Gasteiger partial charge is 0.335 e. The molecule has 1 N–H and O–H groups in total. The lowest BCUT2D eigenvalue weighted by Gasteiger charge is -2.21. The first-order valence-corrected chi connectivity index (χ1v) is 13.5. The van der Waals surface area contributed by atoms with Crippen LogP contribution >= 0.6 is 35.6 Å². The van der Waals surface area contributed by atoms with Gasteiger partial charge in [-0.15, -0.1) is 0 Å². The Balaban J connectivity index is 1.45. The maximum absolute atomic E-state index is 13.4. The van der Waals surface area contributed by atoms with Gasteiger partial charge in [0.25, 0.3) is 0 Å². The summed E-state index contributed by atoms with van der Waals surface area (Å²) >= 11 is 4.04. The Morgan fingerprint density at radius 1 is 1.24 bits per heavy atom. The van der Waals surface area contributed by atoms with E-state index in [0.717, 1.165) is 45.9 Å². The van der Waals surface area contributed by atoms with Crippen LogP contribution in [-0.2, 0) is 6.18 Å². The Kier molecular flexibility index (Phi) is 6.75. The summed E-state index contributed by atoms with van der Waals surface area (Å²) in [4.78, 5) is 7.65. The largest absolute Gasteiger partial charge is 0.416 e. The highest BCUT2D eigenvalue weighted by Gasteiger charge is 2.35. The number of thioether (sulfide) groups is 2. The van der Waals surface area contributed by atoms with Crippen LogP contribution in [0.25, 0.3) is 0 Å². The van der Waals surface area contributed by atoms with Crippen molar-refractivity contribution in [2.24, 2.45) is 10.9 Å². The predicted octanol–water partition coefficient (Wildman–Crippen LogP) is 7.40. The van der Waals surface area contributed by atoms with Crippen LogP contribution in [-0.4, -0.2) is 33.2 Å². The molecule has 2 unspecified atom stereocenters. The highest BCUT2D eigenvalue weighted by atomic mass is 32.2. The second kappa shape index (κ2) is 9.60. The van der Waals surface area contributed by atoms with Gasteiger partial charge in [0, 0.05) is 17.2 Å². The number of hydrogen-bond acceptors (Lipinski definition) is 6. The predicted molar refractivity (Wildman–Crippen MR) is 134 cm³/mol. The van der Waals surface area contributed by atoms with Crippen molar-refractivity contribution in [3.63, 3.8) is 0 Å². The SMILES string of the molecule is OSCCCN1/C(=C/C(=C/C2=NC3C=CC=CC3S2)C2CC2)Sc2ccc(C(F)(F)F)cc21. The average Bonchev–Trinajstić information content (AvgIpc) is 3.46. The molecule has 0 radical (unpaired) electrons. The number of hydrogen-bond donors (Lipinski definition) is 1.